The predicted molar refractivity (Wildman–Crippen MR) is 42.7 cm³/mol. The van der Waals surface area contributed by atoms with Gasteiger partial charge in [0.25, 0.3) is 0 Å². The predicted octanol–water partition coefficient (Wildman–Crippen LogP) is 1.51. The van der Waals surface area contributed by atoms with Crippen molar-refractivity contribution in [1.29, 1.82) is 0 Å². The van der Waals surface area contributed by atoms with E-state index in [9.17, 15) is 8.42 Å². The first kappa shape index (κ1) is 9.02. The van der Waals surface area contributed by atoms with E-state index in [-0.39, 0.29) is 11.4 Å². The van der Waals surface area contributed by atoms with Gasteiger partial charge in [0.15, 0.2) is 0 Å². The third kappa shape index (κ3) is 2.80. The first-order valence-electron chi connectivity index (χ1n) is 2.50. The van der Waals surface area contributed by atoms with Crippen LogP contribution in [0.15, 0.2) is 15.3 Å². The molecule has 0 aromatic carbocycles. The average Bonchev–Trinajstić information content (AvgIpc) is 2.12. The minimum atomic E-state index is -3.55. The first-order valence-corrected chi connectivity index (χ1v) is 5.77. The second-order valence-corrected chi connectivity index (χ2v) is 5.42. The van der Waals surface area contributed by atoms with Crippen molar-refractivity contribution in [2.75, 3.05) is 0 Å². The SMILES string of the molecule is O=S(=O)(Cl)Cc1nocc1Br. The molecule has 0 spiro atoms. The minimum Gasteiger partial charge on any atom is -0.363 e. The second-order valence-electron chi connectivity index (χ2n) is 1.79. The maximum atomic E-state index is 10.5. The highest BCUT2D eigenvalue weighted by molar-refractivity contribution is 9.10. The maximum Gasteiger partial charge on any atom is 0.238 e. The van der Waals surface area contributed by atoms with E-state index in [4.69, 9.17) is 10.7 Å². The highest BCUT2D eigenvalue weighted by atomic mass is 79.9. The van der Waals surface area contributed by atoms with Crippen LogP contribution < -0.4 is 0 Å². The van der Waals surface area contributed by atoms with E-state index < -0.39 is 9.05 Å². The summed E-state index contributed by atoms with van der Waals surface area (Å²) in [5, 5.41) is 3.42. The molecule has 62 valence electrons. The molecule has 0 saturated carbocycles. The smallest absolute Gasteiger partial charge is 0.238 e. The fourth-order valence-electron chi connectivity index (χ4n) is 0.506. The van der Waals surface area contributed by atoms with Gasteiger partial charge in [0, 0.05) is 10.7 Å². The Morgan fingerprint density at radius 1 is 1.73 bits per heavy atom. The second kappa shape index (κ2) is 3.12. The van der Waals surface area contributed by atoms with Gasteiger partial charge in [0.1, 0.15) is 17.7 Å². The molecule has 7 heteroatoms. The van der Waals surface area contributed by atoms with E-state index in [1.807, 2.05) is 0 Å². The van der Waals surface area contributed by atoms with Gasteiger partial charge in [-0.25, -0.2) is 8.42 Å². The summed E-state index contributed by atoms with van der Waals surface area (Å²) in [6, 6.07) is 0. The summed E-state index contributed by atoms with van der Waals surface area (Å²) in [6.07, 6.45) is 1.29. The summed E-state index contributed by atoms with van der Waals surface area (Å²) >= 11 is 3.04. The fourth-order valence-corrected chi connectivity index (χ4v) is 1.83. The standard InChI is InChI=1S/C4H3BrClNO3S/c5-3-1-10-7-4(3)2-11(6,8)9/h1H,2H2. The number of halogens is 2. The van der Waals surface area contributed by atoms with Crippen LogP contribution in [0.1, 0.15) is 5.69 Å². The van der Waals surface area contributed by atoms with Crippen molar-refractivity contribution in [3.05, 3.63) is 16.4 Å². The lowest BCUT2D eigenvalue weighted by atomic mass is 10.5. The molecule has 0 atom stereocenters. The van der Waals surface area contributed by atoms with Gasteiger partial charge in [-0.1, -0.05) is 5.16 Å². The number of rotatable bonds is 2. The normalized spacial score (nSPS) is 11.8. The molecule has 0 radical (unpaired) electrons. The van der Waals surface area contributed by atoms with Gasteiger partial charge in [-0.3, -0.25) is 0 Å². The van der Waals surface area contributed by atoms with E-state index in [1.54, 1.807) is 0 Å². The van der Waals surface area contributed by atoms with E-state index in [2.05, 4.69) is 25.6 Å². The van der Waals surface area contributed by atoms with Crippen LogP contribution in [-0.2, 0) is 14.8 Å². The Hall–Kier alpha value is -0.0700. The van der Waals surface area contributed by atoms with Crippen LogP contribution in [-0.4, -0.2) is 13.6 Å². The van der Waals surface area contributed by atoms with E-state index in [0.717, 1.165) is 0 Å². The van der Waals surface area contributed by atoms with Crippen LogP contribution in [0, 0.1) is 0 Å². The highest BCUT2D eigenvalue weighted by Gasteiger charge is 2.13. The van der Waals surface area contributed by atoms with Gasteiger partial charge in [-0.05, 0) is 15.9 Å². The van der Waals surface area contributed by atoms with Gasteiger partial charge < -0.3 is 4.52 Å². The summed E-state index contributed by atoms with van der Waals surface area (Å²) in [6.45, 7) is 0. The van der Waals surface area contributed by atoms with Gasteiger partial charge in [0.05, 0.1) is 4.47 Å². The monoisotopic (exact) mass is 259 g/mol. The van der Waals surface area contributed by atoms with Crippen LogP contribution in [0.25, 0.3) is 0 Å². The third-order valence-corrected chi connectivity index (χ3v) is 2.49. The Morgan fingerprint density at radius 3 is 2.73 bits per heavy atom. The zero-order valence-electron chi connectivity index (χ0n) is 5.12. The Morgan fingerprint density at radius 2 is 2.36 bits per heavy atom. The topological polar surface area (TPSA) is 60.2 Å². The Kier molecular flexibility index (Phi) is 2.56. The minimum absolute atomic E-state index is 0.278. The number of hydrogen-bond donors (Lipinski definition) is 0. The van der Waals surface area contributed by atoms with Crippen molar-refractivity contribution in [1.82, 2.24) is 5.16 Å². The highest BCUT2D eigenvalue weighted by Crippen LogP contribution is 2.18. The van der Waals surface area contributed by atoms with Crippen molar-refractivity contribution < 1.29 is 12.9 Å². The van der Waals surface area contributed by atoms with Crippen molar-refractivity contribution in [3.8, 4) is 0 Å². The molecule has 0 amide bonds. The molecule has 0 saturated heterocycles. The van der Waals surface area contributed by atoms with Gasteiger partial charge in [0.2, 0.25) is 9.05 Å². The Labute approximate surface area is 76.1 Å². The summed E-state index contributed by atoms with van der Waals surface area (Å²) in [7, 11) is 1.42. The van der Waals surface area contributed by atoms with E-state index in [0.29, 0.717) is 4.47 Å². The van der Waals surface area contributed by atoms with Crippen LogP contribution in [0.5, 0.6) is 0 Å². The number of aromatic nitrogens is 1. The number of nitrogens with zero attached hydrogens (tertiary/aromatic N) is 1. The maximum absolute atomic E-state index is 10.5. The molecular weight excluding hydrogens is 257 g/mol. The zero-order valence-corrected chi connectivity index (χ0v) is 8.28. The lowest BCUT2D eigenvalue weighted by molar-refractivity contribution is 0.413. The van der Waals surface area contributed by atoms with Crippen LogP contribution >= 0.6 is 26.6 Å². The molecular formula is C4H3BrClNO3S. The summed E-state index contributed by atoms with van der Waals surface area (Å²) in [5.41, 5.74) is 0.278. The summed E-state index contributed by atoms with van der Waals surface area (Å²) < 4.78 is 26.0. The van der Waals surface area contributed by atoms with Crippen LogP contribution in [0.4, 0.5) is 0 Å². The molecule has 4 nitrogen and oxygen atoms in total. The molecule has 0 fully saturated rings. The van der Waals surface area contributed by atoms with Gasteiger partial charge in [-0.15, -0.1) is 0 Å². The molecule has 1 rings (SSSR count). The summed E-state index contributed by atoms with van der Waals surface area (Å²) in [5.74, 6) is -0.328. The van der Waals surface area contributed by atoms with Crippen molar-refractivity contribution in [3.63, 3.8) is 0 Å². The molecule has 0 N–H and O–H groups in total. The molecule has 0 aliphatic carbocycles. The molecule has 1 aromatic rings. The Bertz CT molecular complexity index is 346. The largest absolute Gasteiger partial charge is 0.363 e. The molecule has 11 heavy (non-hydrogen) atoms. The Balaban J connectivity index is 2.89. The molecule has 1 aromatic heterocycles. The third-order valence-electron chi connectivity index (χ3n) is 0.904. The van der Waals surface area contributed by atoms with E-state index >= 15 is 0 Å². The average molecular weight is 260 g/mol. The first-order chi connectivity index (χ1) is 4.99. The lowest BCUT2D eigenvalue weighted by Crippen LogP contribution is -1.95. The summed E-state index contributed by atoms with van der Waals surface area (Å²) in [4.78, 5) is 0. The van der Waals surface area contributed by atoms with Gasteiger partial charge >= 0.3 is 0 Å². The quantitative estimate of drug-likeness (QED) is 0.756. The van der Waals surface area contributed by atoms with E-state index in [1.165, 1.54) is 6.26 Å². The fraction of sp³-hybridized carbons (Fsp3) is 0.250. The van der Waals surface area contributed by atoms with Crippen LogP contribution in [0.3, 0.4) is 0 Å². The lowest BCUT2D eigenvalue weighted by Gasteiger charge is -1.88. The van der Waals surface area contributed by atoms with Crippen molar-refractivity contribution >= 4 is 35.7 Å². The zero-order chi connectivity index (χ0) is 8.48. The molecule has 0 aliphatic rings. The van der Waals surface area contributed by atoms with Crippen molar-refractivity contribution in [2.24, 2.45) is 0 Å². The number of hydrogen-bond acceptors (Lipinski definition) is 4. The van der Waals surface area contributed by atoms with Crippen molar-refractivity contribution in [2.45, 2.75) is 5.75 Å². The van der Waals surface area contributed by atoms with Crippen LogP contribution in [0.2, 0.25) is 0 Å². The molecule has 0 unspecified atom stereocenters. The molecule has 1 heterocycles. The molecule has 0 bridgehead atoms. The van der Waals surface area contributed by atoms with Gasteiger partial charge in [-0.2, -0.15) is 0 Å². The molecule has 0 aliphatic heterocycles.